The molecular formula is C20H21BrN2O4. The molecule has 0 radical (unpaired) electrons. The van der Waals surface area contributed by atoms with Gasteiger partial charge in [-0.1, -0.05) is 15.9 Å². The van der Waals surface area contributed by atoms with Crippen LogP contribution >= 0.6 is 15.9 Å². The van der Waals surface area contributed by atoms with E-state index in [0.29, 0.717) is 18.8 Å². The molecule has 3 aromatic rings. The topological polar surface area (TPSA) is 72.7 Å². The third-order valence-electron chi connectivity index (χ3n) is 4.57. The normalized spacial score (nSPS) is 11.0. The molecular weight excluding hydrogens is 412 g/mol. The zero-order valence-corrected chi connectivity index (χ0v) is 17.0. The van der Waals surface area contributed by atoms with E-state index >= 15 is 0 Å². The summed E-state index contributed by atoms with van der Waals surface area (Å²) in [5, 5.41) is 13.9. The number of carboxylic acid groups (broad SMARTS) is 1. The summed E-state index contributed by atoms with van der Waals surface area (Å²) in [6.07, 6.45) is 0. The summed E-state index contributed by atoms with van der Waals surface area (Å²) in [7, 11) is 4.98. The second-order valence-electron chi connectivity index (χ2n) is 6.13. The summed E-state index contributed by atoms with van der Waals surface area (Å²) in [6.45, 7) is 0.967. The summed E-state index contributed by atoms with van der Waals surface area (Å²) in [5.74, 6) is 0.523. The van der Waals surface area contributed by atoms with Gasteiger partial charge in [0, 0.05) is 47.2 Å². The number of nitrogens with zero attached hydrogens (tertiary/aromatic N) is 1. The zero-order chi connectivity index (χ0) is 19.6. The number of nitrogens with one attached hydrogen (secondary N) is 1. The maximum absolute atomic E-state index is 11.8. The number of methoxy groups -OCH3 is 2. The number of aromatic nitrogens is 1. The van der Waals surface area contributed by atoms with Crippen molar-refractivity contribution < 1.29 is 19.4 Å². The lowest BCUT2D eigenvalue weighted by molar-refractivity contribution is 0.0685. The minimum absolute atomic E-state index is 0.270. The van der Waals surface area contributed by atoms with Crippen LogP contribution in [0.4, 0.5) is 0 Å². The average molecular weight is 433 g/mol. The number of aryl methyl sites for hydroxylation is 1. The average Bonchev–Trinajstić information content (AvgIpc) is 2.93. The molecule has 0 bridgehead atoms. The third-order valence-corrected chi connectivity index (χ3v) is 5.07. The fraction of sp³-hybridized carbons (Fsp3) is 0.250. The van der Waals surface area contributed by atoms with Crippen molar-refractivity contribution >= 4 is 32.8 Å². The molecule has 2 N–H and O–H groups in total. The molecule has 6 nitrogen and oxygen atoms in total. The number of rotatable bonds is 7. The van der Waals surface area contributed by atoms with Crippen molar-refractivity contribution in [2.24, 2.45) is 7.05 Å². The lowest BCUT2D eigenvalue weighted by Crippen LogP contribution is -2.16. The fourth-order valence-corrected chi connectivity index (χ4v) is 3.69. The van der Waals surface area contributed by atoms with Crippen LogP contribution in [0.3, 0.4) is 0 Å². The minimum atomic E-state index is -0.954. The Hall–Kier alpha value is -2.51. The van der Waals surface area contributed by atoms with Gasteiger partial charge in [0.05, 0.1) is 19.7 Å². The Morgan fingerprint density at radius 3 is 2.59 bits per heavy atom. The molecule has 0 atom stereocenters. The molecule has 2 aromatic carbocycles. The maximum Gasteiger partial charge on any atom is 0.352 e. The van der Waals surface area contributed by atoms with Gasteiger partial charge >= 0.3 is 5.97 Å². The lowest BCUT2D eigenvalue weighted by Gasteiger charge is -2.11. The van der Waals surface area contributed by atoms with Crippen molar-refractivity contribution in [3.8, 4) is 11.5 Å². The molecule has 0 aliphatic rings. The van der Waals surface area contributed by atoms with Crippen molar-refractivity contribution in [2.75, 3.05) is 14.2 Å². The molecule has 0 amide bonds. The first kappa shape index (κ1) is 19.3. The molecule has 0 saturated carbocycles. The molecule has 0 unspecified atom stereocenters. The number of carbonyl (C=O) groups is 1. The number of hydrogen-bond donors (Lipinski definition) is 2. The number of ether oxygens (including phenoxy) is 2. The van der Waals surface area contributed by atoms with Gasteiger partial charge in [-0.3, -0.25) is 0 Å². The number of carboxylic acids is 1. The van der Waals surface area contributed by atoms with Crippen LogP contribution in [0, 0.1) is 0 Å². The number of hydrogen-bond acceptors (Lipinski definition) is 4. The van der Waals surface area contributed by atoms with Gasteiger partial charge in [-0.25, -0.2) is 4.79 Å². The van der Waals surface area contributed by atoms with E-state index < -0.39 is 5.97 Å². The van der Waals surface area contributed by atoms with Gasteiger partial charge in [-0.15, -0.1) is 0 Å². The number of fused-ring (bicyclic) bond motifs is 1. The second-order valence-corrected chi connectivity index (χ2v) is 7.05. The Balaban J connectivity index is 1.92. The molecule has 0 saturated heterocycles. The van der Waals surface area contributed by atoms with Crippen molar-refractivity contribution in [2.45, 2.75) is 13.1 Å². The molecule has 0 spiro atoms. The first-order valence-corrected chi connectivity index (χ1v) is 9.17. The molecule has 1 aromatic heterocycles. The zero-order valence-electron chi connectivity index (χ0n) is 15.4. The molecule has 7 heteroatoms. The van der Waals surface area contributed by atoms with Gasteiger partial charge in [0.25, 0.3) is 0 Å². The van der Waals surface area contributed by atoms with Crippen molar-refractivity contribution in [3.63, 3.8) is 0 Å². The predicted molar refractivity (Wildman–Crippen MR) is 108 cm³/mol. The highest BCUT2D eigenvalue weighted by molar-refractivity contribution is 9.10. The molecule has 142 valence electrons. The van der Waals surface area contributed by atoms with E-state index in [1.165, 1.54) is 0 Å². The van der Waals surface area contributed by atoms with Crippen LogP contribution in [0.5, 0.6) is 11.5 Å². The summed E-state index contributed by atoms with van der Waals surface area (Å²) in [6, 6.07) is 11.4. The molecule has 3 rings (SSSR count). The molecule has 0 aliphatic carbocycles. The summed E-state index contributed by atoms with van der Waals surface area (Å²) in [5.41, 5.74) is 2.83. The van der Waals surface area contributed by atoms with E-state index in [1.807, 2.05) is 36.4 Å². The van der Waals surface area contributed by atoms with Crippen LogP contribution in [0.1, 0.15) is 21.6 Å². The Kier molecular flexibility index (Phi) is 5.72. The van der Waals surface area contributed by atoms with E-state index in [2.05, 4.69) is 21.2 Å². The quantitative estimate of drug-likeness (QED) is 0.591. The van der Waals surface area contributed by atoms with Crippen molar-refractivity contribution in [3.05, 3.63) is 57.7 Å². The Labute approximate surface area is 165 Å². The van der Waals surface area contributed by atoms with E-state index in [4.69, 9.17) is 9.47 Å². The Morgan fingerprint density at radius 2 is 1.93 bits per heavy atom. The summed E-state index contributed by atoms with van der Waals surface area (Å²) >= 11 is 3.47. The van der Waals surface area contributed by atoms with Crippen LogP contribution in [0.15, 0.2) is 40.9 Å². The standard InChI is InChI=1S/C20H21BrN2O4/c1-23-17-9-14(26-2)5-6-15(17)16(19(23)20(24)25)11-22-10-12-8-13(21)4-7-18(12)27-3/h4-9,22H,10-11H2,1-3H3,(H,24,25). The maximum atomic E-state index is 11.8. The predicted octanol–water partition coefficient (Wildman–Crippen LogP) is 3.95. The smallest absolute Gasteiger partial charge is 0.352 e. The van der Waals surface area contributed by atoms with Crippen molar-refractivity contribution in [1.29, 1.82) is 0 Å². The van der Waals surface area contributed by atoms with Gasteiger partial charge in [-0.05, 0) is 30.3 Å². The van der Waals surface area contributed by atoms with Gasteiger partial charge in [0.2, 0.25) is 0 Å². The highest BCUT2D eigenvalue weighted by Crippen LogP contribution is 2.29. The second kappa shape index (κ2) is 8.02. The Morgan fingerprint density at radius 1 is 1.15 bits per heavy atom. The highest BCUT2D eigenvalue weighted by atomic mass is 79.9. The first-order valence-electron chi connectivity index (χ1n) is 8.38. The highest BCUT2D eigenvalue weighted by Gasteiger charge is 2.20. The molecule has 1 heterocycles. The fourth-order valence-electron chi connectivity index (χ4n) is 3.28. The van der Waals surface area contributed by atoms with Crippen LogP contribution in [0.2, 0.25) is 0 Å². The van der Waals surface area contributed by atoms with E-state index in [1.54, 1.807) is 25.8 Å². The van der Waals surface area contributed by atoms with E-state index in [9.17, 15) is 9.90 Å². The number of halogens is 1. The van der Waals surface area contributed by atoms with Crippen LogP contribution in [0.25, 0.3) is 10.9 Å². The van der Waals surface area contributed by atoms with Gasteiger partial charge < -0.3 is 24.5 Å². The van der Waals surface area contributed by atoms with Crippen molar-refractivity contribution in [1.82, 2.24) is 9.88 Å². The van der Waals surface area contributed by atoms with Crippen LogP contribution in [-0.2, 0) is 20.1 Å². The van der Waals surface area contributed by atoms with Gasteiger partial charge in [-0.2, -0.15) is 0 Å². The minimum Gasteiger partial charge on any atom is -0.497 e. The van der Waals surface area contributed by atoms with Gasteiger partial charge in [0.15, 0.2) is 0 Å². The lowest BCUT2D eigenvalue weighted by atomic mass is 10.1. The number of aromatic carboxylic acids is 1. The largest absolute Gasteiger partial charge is 0.497 e. The summed E-state index contributed by atoms with van der Waals surface area (Å²) < 4.78 is 13.3. The van der Waals surface area contributed by atoms with E-state index in [0.717, 1.165) is 32.3 Å². The van der Waals surface area contributed by atoms with Crippen LogP contribution < -0.4 is 14.8 Å². The van der Waals surface area contributed by atoms with Gasteiger partial charge in [0.1, 0.15) is 17.2 Å². The first-order chi connectivity index (χ1) is 13.0. The third kappa shape index (κ3) is 3.79. The number of benzene rings is 2. The van der Waals surface area contributed by atoms with E-state index in [-0.39, 0.29) is 5.69 Å². The Bertz CT molecular complexity index is 997. The molecule has 0 aliphatic heterocycles. The summed E-state index contributed by atoms with van der Waals surface area (Å²) in [4.78, 5) is 11.8. The SMILES string of the molecule is COc1ccc2c(CNCc3cc(Br)ccc3OC)c(C(=O)O)n(C)c2c1. The monoisotopic (exact) mass is 432 g/mol. The van der Waals surface area contributed by atoms with Crippen LogP contribution in [-0.4, -0.2) is 29.9 Å². The molecule has 27 heavy (non-hydrogen) atoms. The molecule has 0 fully saturated rings.